The first kappa shape index (κ1) is 8.44. The van der Waals surface area contributed by atoms with Crippen LogP contribution in [0, 0.1) is 20.6 Å². The van der Waals surface area contributed by atoms with Crippen LogP contribution in [0.2, 0.25) is 0 Å². The Kier molecular flexibility index (Phi) is 2.34. The van der Waals surface area contributed by atoms with E-state index < -0.39 is 20.1 Å². The molecule has 1 nitrogen and oxygen atoms in total. The van der Waals surface area contributed by atoms with Gasteiger partial charge in [-0.3, -0.25) is 4.98 Å². The van der Waals surface area contributed by atoms with Gasteiger partial charge in [-0.1, -0.05) is 43.3 Å². The molecule has 0 aliphatic heterocycles. The van der Waals surface area contributed by atoms with Gasteiger partial charge in [-0.15, -0.1) is 0 Å². The van der Waals surface area contributed by atoms with Crippen molar-refractivity contribution in [3.05, 3.63) is 77.0 Å². The summed E-state index contributed by atoms with van der Waals surface area (Å²) in [6.45, 7) is -1.75. The summed E-state index contributed by atoms with van der Waals surface area (Å²) in [6, 6.07) is 13.9. The summed E-state index contributed by atoms with van der Waals surface area (Å²) in [5.74, 6) is 0. The number of aromatic nitrogens is 1. The molecule has 116 valence electrons. The van der Waals surface area contributed by atoms with E-state index >= 15 is 0 Å². The molecule has 0 fully saturated rings. The quantitative estimate of drug-likeness (QED) is 0.586. The van der Waals surface area contributed by atoms with E-state index in [0.29, 0.717) is 22.4 Å². The molecule has 0 aliphatic rings. The van der Waals surface area contributed by atoms with Gasteiger partial charge in [0.2, 0.25) is 0 Å². The zero-order valence-electron chi connectivity index (χ0n) is 21.1. The van der Waals surface area contributed by atoms with Crippen molar-refractivity contribution in [2.45, 2.75) is 33.9 Å². The summed E-state index contributed by atoms with van der Waals surface area (Å²) in [5.41, 5.74) is 3.05. The van der Waals surface area contributed by atoms with Crippen molar-refractivity contribution in [2.24, 2.45) is 0 Å². The fraction of sp³-hybridized carbons (Fsp3) is 0.227. The molecular formula is C22H23N. The maximum absolute atomic E-state index is 8.11. The van der Waals surface area contributed by atoms with E-state index in [1.54, 1.807) is 19.1 Å². The van der Waals surface area contributed by atoms with Crippen LogP contribution in [0.4, 0.5) is 0 Å². The molecule has 0 aliphatic carbocycles. The second kappa shape index (κ2) is 6.37. The summed E-state index contributed by atoms with van der Waals surface area (Å²) in [6.07, 6.45) is -0.700. The number of rotatable bonds is 3. The van der Waals surface area contributed by atoms with Crippen molar-refractivity contribution in [3.63, 3.8) is 0 Å². The Morgan fingerprint density at radius 1 is 0.957 bits per heavy atom. The van der Waals surface area contributed by atoms with Gasteiger partial charge in [0.1, 0.15) is 0 Å². The molecule has 0 radical (unpaired) electrons. The largest absolute Gasteiger partial charge is 0.256 e. The lowest BCUT2D eigenvalue weighted by Gasteiger charge is -2.14. The minimum Gasteiger partial charge on any atom is -0.256 e. The molecule has 0 saturated heterocycles. The topological polar surface area (TPSA) is 12.9 Å². The summed E-state index contributed by atoms with van der Waals surface area (Å²) in [4.78, 5) is 4.31. The molecule has 0 saturated carbocycles. The molecule has 0 unspecified atom stereocenters. The highest BCUT2D eigenvalue weighted by atomic mass is 14.7. The van der Waals surface area contributed by atoms with Gasteiger partial charge in [0.25, 0.3) is 0 Å². The molecule has 1 heteroatoms. The van der Waals surface area contributed by atoms with Crippen molar-refractivity contribution in [3.8, 4) is 22.4 Å². The first-order valence-corrected chi connectivity index (χ1v) is 7.41. The van der Waals surface area contributed by atoms with Crippen molar-refractivity contribution in [1.29, 1.82) is 0 Å². The monoisotopic (exact) mass is 309 g/mol. The Labute approximate surface area is 150 Å². The number of hydrogen-bond donors (Lipinski definition) is 0. The minimum atomic E-state index is -2.50. The number of nitrogens with zero attached hydrogens (tertiary/aromatic N) is 1. The van der Waals surface area contributed by atoms with Crippen LogP contribution in [-0.4, -0.2) is 4.98 Å². The standard InChI is InChI=1S/C22H23N/c1-5-18-12-22(23-14-17(18)4)21-13-20(15(2)11-16(21)3)19-9-7-6-8-10-19/h6-14H,5H2,1-4H3/i2D3,4D3,5D2. The molecule has 0 amide bonds. The molecule has 0 N–H and O–H groups in total. The van der Waals surface area contributed by atoms with Gasteiger partial charge in [-0.05, 0) is 72.5 Å². The molecule has 23 heavy (non-hydrogen) atoms. The Hall–Kier alpha value is -2.41. The lowest BCUT2D eigenvalue weighted by Crippen LogP contribution is -1.95. The van der Waals surface area contributed by atoms with Crippen LogP contribution in [0.5, 0.6) is 0 Å². The van der Waals surface area contributed by atoms with Crippen LogP contribution in [0.25, 0.3) is 22.4 Å². The fourth-order valence-corrected chi connectivity index (χ4v) is 2.65. The second-order valence-corrected chi connectivity index (χ2v) is 5.44. The number of hydrogen-bond acceptors (Lipinski definition) is 1. The Morgan fingerprint density at radius 2 is 1.74 bits per heavy atom. The highest BCUT2D eigenvalue weighted by molar-refractivity contribution is 5.76. The molecule has 2 aromatic carbocycles. The van der Waals surface area contributed by atoms with E-state index in [-0.39, 0.29) is 16.7 Å². The van der Waals surface area contributed by atoms with E-state index in [9.17, 15) is 0 Å². The normalized spacial score (nSPS) is 17.7. The zero-order valence-corrected chi connectivity index (χ0v) is 13.1. The molecule has 0 spiro atoms. The average Bonchev–Trinajstić information content (AvgIpc) is 2.66. The molecule has 1 aromatic heterocycles. The van der Waals surface area contributed by atoms with Crippen LogP contribution < -0.4 is 0 Å². The third-order valence-corrected chi connectivity index (χ3v) is 3.90. The number of benzene rings is 2. The highest BCUT2D eigenvalue weighted by Crippen LogP contribution is 2.32. The smallest absolute Gasteiger partial charge is 0.0707 e. The van der Waals surface area contributed by atoms with Crippen LogP contribution >= 0.6 is 0 Å². The van der Waals surface area contributed by atoms with Gasteiger partial charge in [-0.25, -0.2) is 0 Å². The van der Waals surface area contributed by atoms with Gasteiger partial charge in [0.05, 0.1) is 5.69 Å². The first-order valence-electron chi connectivity index (χ1n) is 11.4. The van der Waals surface area contributed by atoms with Gasteiger partial charge in [0, 0.05) is 22.7 Å². The lowest BCUT2D eigenvalue weighted by atomic mass is 9.93. The van der Waals surface area contributed by atoms with E-state index in [2.05, 4.69) is 4.98 Å². The van der Waals surface area contributed by atoms with Crippen molar-refractivity contribution >= 4 is 0 Å². The Morgan fingerprint density at radius 3 is 2.43 bits per heavy atom. The molecule has 3 rings (SSSR count). The van der Waals surface area contributed by atoms with E-state index in [4.69, 9.17) is 11.0 Å². The Bertz CT molecular complexity index is 1090. The first-order chi connectivity index (χ1) is 14.2. The van der Waals surface area contributed by atoms with Crippen molar-refractivity contribution in [2.75, 3.05) is 0 Å². The predicted molar refractivity (Wildman–Crippen MR) is 98.7 cm³/mol. The van der Waals surface area contributed by atoms with Crippen LogP contribution in [0.3, 0.4) is 0 Å². The van der Waals surface area contributed by atoms with Gasteiger partial charge < -0.3 is 0 Å². The third-order valence-electron chi connectivity index (χ3n) is 3.90. The lowest BCUT2D eigenvalue weighted by molar-refractivity contribution is 1.08. The van der Waals surface area contributed by atoms with Gasteiger partial charge in [0.15, 0.2) is 0 Å². The van der Waals surface area contributed by atoms with Crippen LogP contribution in [0.1, 0.15) is 40.1 Å². The van der Waals surface area contributed by atoms with Crippen molar-refractivity contribution < 1.29 is 11.0 Å². The summed E-state index contributed by atoms with van der Waals surface area (Å²) in [5, 5.41) is 0. The molecule has 0 atom stereocenters. The minimum absolute atomic E-state index is 0.0399. The summed E-state index contributed by atoms with van der Waals surface area (Å²) in [7, 11) is 0. The number of aryl methyl sites for hydroxylation is 4. The third kappa shape index (κ3) is 3.05. The van der Waals surface area contributed by atoms with Crippen LogP contribution in [-0.2, 0) is 6.37 Å². The molecular weight excluding hydrogens is 278 g/mol. The predicted octanol–water partition coefficient (Wildman–Crippen LogP) is 5.90. The maximum Gasteiger partial charge on any atom is 0.0707 e. The zero-order chi connectivity index (χ0) is 23.2. The van der Waals surface area contributed by atoms with Gasteiger partial charge in [-0.2, -0.15) is 0 Å². The van der Waals surface area contributed by atoms with Gasteiger partial charge >= 0.3 is 0 Å². The SMILES string of the molecule is [2H]C([2H])([2H])c1cc(C)c(-c2cc(C([2H])([2H])C)c(C([2H])([2H])[2H])cn2)cc1-c1ccccc1. The van der Waals surface area contributed by atoms with Crippen LogP contribution in [0.15, 0.2) is 54.7 Å². The average molecular weight is 309 g/mol. The highest BCUT2D eigenvalue weighted by Gasteiger charge is 2.10. The molecule has 1 heterocycles. The van der Waals surface area contributed by atoms with Crippen molar-refractivity contribution in [1.82, 2.24) is 4.98 Å². The number of pyridine rings is 1. The van der Waals surface area contributed by atoms with E-state index in [0.717, 1.165) is 5.56 Å². The van der Waals surface area contributed by atoms with E-state index in [1.807, 2.05) is 30.3 Å². The fourth-order valence-electron chi connectivity index (χ4n) is 2.65. The second-order valence-electron chi connectivity index (χ2n) is 5.44. The summed E-state index contributed by atoms with van der Waals surface area (Å²) < 4.78 is 63.2. The maximum atomic E-state index is 8.11. The van der Waals surface area contributed by atoms with E-state index in [1.165, 1.54) is 19.2 Å². The summed E-state index contributed by atoms with van der Waals surface area (Å²) >= 11 is 0. The molecule has 3 aromatic rings. The molecule has 0 bridgehead atoms. The Balaban J connectivity index is 2.29.